The maximum absolute atomic E-state index is 11.3. The van der Waals surface area contributed by atoms with Crippen LogP contribution in [0.5, 0.6) is 0 Å². The number of nitrogens with zero attached hydrogens (tertiary/aromatic N) is 1. The fourth-order valence-electron chi connectivity index (χ4n) is 1.62. The summed E-state index contributed by atoms with van der Waals surface area (Å²) in [5.41, 5.74) is 2.02. The normalized spacial score (nSPS) is 14.5. The molecule has 1 N–H and O–H groups in total. The molecule has 3 nitrogen and oxygen atoms in total. The largest absolute Gasteiger partial charge is 0.383 e. The summed E-state index contributed by atoms with van der Waals surface area (Å²) in [5.74, 6) is 0. The van der Waals surface area contributed by atoms with Crippen molar-refractivity contribution in [3.05, 3.63) is 36.5 Å². The van der Waals surface area contributed by atoms with Gasteiger partial charge in [-0.05, 0) is 19.1 Å². The molecular formula is C13H16N2OS. The van der Waals surface area contributed by atoms with E-state index < -0.39 is 10.8 Å². The van der Waals surface area contributed by atoms with Gasteiger partial charge in [-0.15, -0.1) is 0 Å². The van der Waals surface area contributed by atoms with Gasteiger partial charge in [0.2, 0.25) is 0 Å². The van der Waals surface area contributed by atoms with Crippen LogP contribution >= 0.6 is 0 Å². The van der Waals surface area contributed by atoms with E-state index >= 15 is 0 Å². The Balaban J connectivity index is 2.21. The van der Waals surface area contributed by atoms with Gasteiger partial charge in [0, 0.05) is 46.1 Å². The number of nitrogens with one attached hydrogen (secondary N) is 1. The highest BCUT2D eigenvalue weighted by molar-refractivity contribution is 7.84. The van der Waals surface area contributed by atoms with E-state index in [0.29, 0.717) is 6.54 Å². The number of hydrogen-bond acceptors (Lipinski definition) is 3. The molecule has 0 aliphatic carbocycles. The van der Waals surface area contributed by atoms with Crippen LogP contribution in [0.25, 0.3) is 10.9 Å². The SMILES string of the molecule is CC(CNc1ccnc2ccccc12)S(C)=O. The molecule has 0 radical (unpaired) electrons. The van der Waals surface area contributed by atoms with Gasteiger partial charge in [-0.2, -0.15) is 0 Å². The Morgan fingerprint density at radius 3 is 2.88 bits per heavy atom. The highest BCUT2D eigenvalue weighted by Crippen LogP contribution is 2.20. The van der Waals surface area contributed by atoms with Crippen molar-refractivity contribution in [1.29, 1.82) is 0 Å². The zero-order valence-electron chi connectivity index (χ0n) is 10.0. The van der Waals surface area contributed by atoms with Gasteiger partial charge < -0.3 is 5.32 Å². The van der Waals surface area contributed by atoms with Gasteiger partial charge in [-0.25, -0.2) is 0 Å². The van der Waals surface area contributed by atoms with Crippen LogP contribution in [-0.4, -0.2) is 27.2 Å². The average Bonchev–Trinajstić information content (AvgIpc) is 2.35. The maximum atomic E-state index is 11.3. The molecule has 0 amide bonds. The molecule has 2 rings (SSSR count). The number of hydrogen-bond donors (Lipinski definition) is 1. The maximum Gasteiger partial charge on any atom is 0.0722 e. The molecule has 2 unspecified atom stereocenters. The van der Waals surface area contributed by atoms with E-state index in [1.807, 2.05) is 37.3 Å². The zero-order valence-corrected chi connectivity index (χ0v) is 10.8. The predicted octanol–water partition coefficient (Wildman–Crippen LogP) is 2.41. The highest BCUT2D eigenvalue weighted by Gasteiger charge is 2.07. The average molecular weight is 248 g/mol. The molecule has 0 bridgehead atoms. The van der Waals surface area contributed by atoms with E-state index in [-0.39, 0.29) is 5.25 Å². The molecule has 90 valence electrons. The molecule has 4 heteroatoms. The fraction of sp³-hybridized carbons (Fsp3) is 0.308. The van der Waals surface area contributed by atoms with Crippen LogP contribution in [-0.2, 0) is 10.8 Å². The number of benzene rings is 1. The lowest BCUT2D eigenvalue weighted by Crippen LogP contribution is -2.20. The van der Waals surface area contributed by atoms with Crippen molar-refractivity contribution in [2.75, 3.05) is 18.1 Å². The Bertz CT molecular complexity index is 536. The molecule has 0 fully saturated rings. The van der Waals surface area contributed by atoms with Gasteiger partial charge in [0.15, 0.2) is 0 Å². The Labute approximate surface area is 104 Å². The summed E-state index contributed by atoms with van der Waals surface area (Å²) in [5, 5.41) is 4.58. The topological polar surface area (TPSA) is 42.0 Å². The monoisotopic (exact) mass is 248 g/mol. The summed E-state index contributed by atoms with van der Waals surface area (Å²) in [4.78, 5) is 4.30. The van der Waals surface area contributed by atoms with E-state index in [1.54, 1.807) is 12.5 Å². The zero-order chi connectivity index (χ0) is 12.3. The second kappa shape index (κ2) is 5.27. The lowest BCUT2D eigenvalue weighted by atomic mass is 10.2. The third-order valence-electron chi connectivity index (χ3n) is 2.80. The highest BCUT2D eigenvalue weighted by atomic mass is 32.2. The van der Waals surface area contributed by atoms with Gasteiger partial charge >= 0.3 is 0 Å². The molecule has 17 heavy (non-hydrogen) atoms. The molecule has 1 aromatic carbocycles. The quantitative estimate of drug-likeness (QED) is 0.903. The second-order valence-corrected chi connectivity index (χ2v) is 5.87. The second-order valence-electron chi connectivity index (χ2n) is 4.07. The van der Waals surface area contributed by atoms with E-state index in [2.05, 4.69) is 10.3 Å². The molecule has 1 aromatic heterocycles. The van der Waals surface area contributed by atoms with Crippen LogP contribution in [0.2, 0.25) is 0 Å². The van der Waals surface area contributed by atoms with Crippen molar-refractivity contribution in [1.82, 2.24) is 4.98 Å². The van der Waals surface area contributed by atoms with E-state index in [1.165, 1.54) is 0 Å². The number of rotatable bonds is 4. The van der Waals surface area contributed by atoms with E-state index in [0.717, 1.165) is 16.6 Å². The van der Waals surface area contributed by atoms with Crippen molar-refractivity contribution in [2.24, 2.45) is 0 Å². The number of pyridine rings is 1. The van der Waals surface area contributed by atoms with Crippen LogP contribution in [0, 0.1) is 0 Å². The molecule has 0 spiro atoms. The molecule has 0 saturated heterocycles. The van der Waals surface area contributed by atoms with Gasteiger partial charge in [-0.3, -0.25) is 9.19 Å². The predicted molar refractivity (Wildman–Crippen MR) is 73.8 cm³/mol. The van der Waals surface area contributed by atoms with E-state index in [9.17, 15) is 4.21 Å². The van der Waals surface area contributed by atoms with Crippen molar-refractivity contribution < 1.29 is 4.21 Å². The Morgan fingerprint density at radius 2 is 2.12 bits per heavy atom. The third kappa shape index (κ3) is 2.82. The summed E-state index contributed by atoms with van der Waals surface area (Å²) >= 11 is 0. The minimum atomic E-state index is -0.796. The molecule has 2 aromatic rings. The van der Waals surface area contributed by atoms with Crippen LogP contribution in [0.4, 0.5) is 5.69 Å². The lowest BCUT2D eigenvalue weighted by molar-refractivity contribution is 0.679. The number of para-hydroxylation sites is 1. The number of aromatic nitrogens is 1. The molecule has 1 heterocycles. The third-order valence-corrected chi connectivity index (χ3v) is 4.10. The summed E-state index contributed by atoms with van der Waals surface area (Å²) in [7, 11) is -0.796. The van der Waals surface area contributed by atoms with Crippen LogP contribution in [0.15, 0.2) is 36.5 Å². The first-order valence-corrected chi connectivity index (χ1v) is 7.20. The van der Waals surface area contributed by atoms with Crippen molar-refractivity contribution in [3.63, 3.8) is 0 Å². The van der Waals surface area contributed by atoms with Crippen LogP contribution < -0.4 is 5.32 Å². The number of anilines is 1. The fourth-order valence-corrected chi connectivity index (χ4v) is 1.94. The van der Waals surface area contributed by atoms with Gasteiger partial charge in [-0.1, -0.05) is 18.2 Å². The number of fused-ring (bicyclic) bond motifs is 1. The van der Waals surface area contributed by atoms with Crippen molar-refractivity contribution in [3.8, 4) is 0 Å². The summed E-state index contributed by atoms with van der Waals surface area (Å²) in [6.45, 7) is 2.68. The molecule has 0 aliphatic rings. The van der Waals surface area contributed by atoms with Crippen LogP contribution in [0.3, 0.4) is 0 Å². The molecular weight excluding hydrogens is 232 g/mol. The lowest BCUT2D eigenvalue weighted by Gasteiger charge is -2.12. The first-order chi connectivity index (χ1) is 8.18. The first kappa shape index (κ1) is 12.0. The Kier molecular flexibility index (Phi) is 3.74. The smallest absolute Gasteiger partial charge is 0.0722 e. The summed E-state index contributed by atoms with van der Waals surface area (Å²) < 4.78 is 11.3. The summed E-state index contributed by atoms with van der Waals surface area (Å²) in [6, 6.07) is 9.95. The minimum absolute atomic E-state index is 0.141. The molecule has 2 atom stereocenters. The summed E-state index contributed by atoms with van der Waals surface area (Å²) in [6.07, 6.45) is 3.52. The van der Waals surface area contributed by atoms with Gasteiger partial charge in [0.05, 0.1) is 5.52 Å². The van der Waals surface area contributed by atoms with Gasteiger partial charge in [0.25, 0.3) is 0 Å². The van der Waals surface area contributed by atoms with Crippen molar-refractivity contribution >= 4 is 27.4 Å². The van der Waals surface area contributed by atoms with Crippen molar-refractivity contribution in [2.45, 2.75) is 12.2 Å². The van der Waals surface area contributed by atoms with Crippen LogP contribution in [0.1, 0.15) is 6.92 Å². The Morgan fingerprint density at radius 1 is 1.35 bits per heavy atom. The standard InChI is InChI=1S/C13H16N2OS/c1-10(17(2)16)9-15-13-7-8-14-12-6-4-3-5-11(12)13/h3-8,10H,9H2,1-2H3,(H,14,15). The Hall–Kier alpha value is -1.42. The minimum Gasteiger partial charge on any atom is -0.383 e. The van der Waals surface area contributed by atoms with E-state index in [4.69, 9.17) is 0 Å². The first-order valence-electron chi connectivity index (χ1n) is 5.58. The molecule has 0 saturated carbocycles. The van der Waals surface area contributed by atoms with Gasteiger partial charge in [0.1, 0.15) is 0 Å². The molecule has 0 aliphatic heterocycles.